The van der Waals surface area contributed by atoms with Crippen LogP contribution in [0.3, 0.4) is 0 Å². The normalized spacial score (nSPS) is 22.4. The average Bonchev–Trinajstić information content (AvgIpc) is 2.82. The van der Waals surface area contributed by atoms with Gasteiger partial charge in [0.1, 0.15) is 0 Å². The highest BCUT2D eigenvalue weighted by Gasteiger charge is 2.25. The second kappa shape index (κ2) is 6.47. The Morgan fingerprint density at radius 1 is 1.30 bits per heavy atom. The number of carbonyl (C=O) groups excluding carboxylic acids is 1. The van der Waals surface area contributed by atoms with Gasteiger partial charge in [0, 0.05) is 13.0 Å². The lowest BCUT2D eigenvalue weighted by Crippen LogP contribution is -2.39. The molecular formula is C12H18N4O4. The topological polar surface area (TPSA) is 117 Å². The van der Waals surface area contributed by atoms with Gasteiger partial charge in [-0.1, -0.05) is 5.10 Å². The van der Waals surface area contributed by atoms with Gasteiger partial charge in [-0.05, 0) is 25.7 Å². The molecule has 8 nitrogen and oxygen atoms in total. The van der Waals surface area contributed by atoms with Crippen LogP contribution in [0.2, 0.25) is 0 Å². The fourth-order valence-electron chi connectivity index (χ4n) is 2.29. The van der Waals surface area contributed by atoms with Crippen LogP contribution in [-0.2, 0) is 9.59 Å². The largest absolute Gasteiger partial charge is 0.481 e. The first-order valence-electron chi connectivity index (χ1n) is 6.60. The van der Waals surface area contributed by atoms with Crippen molar-refractivity contribution < 1.29 is 19.1 Å². The van der Waals surface area contributed by atoms with Crippen LogP contribution in [0.1, 0.15) is 31.6 Å². The van der Waals surface area contributed by atoms with Crippen molar-refractivity contribution in [1.82, 2.24) is 15.5 Å². The molecule has 110 valence electrons. The average molecular weight is 282 g/mol. The van der Waals surface area contributed by atoms with Gasteiger partial charge in [-0.25, -0.2) is 0 Å². The van der Waals surface area contributed by atoms with Crippen LogP contribution in [0.25, 0.3) is 0 Å². The molecule has 0 radical (unpaired) electrons. The van der Waals surface area contributed by atoms with Gasteiger partial charge in [-0.15, -0.1) is 5.10 Å². The van der Waals surface area contributed by atoms with Crippen LogP contribution in [-0.4, -0.2) is 39.8 Å². The summed E-state index contributed by atoms with van der Waals surface area (Å²) in [7, 11) is 0. The maximum absolute atomic E-state index is 11.6. The lowest BCUT2D eigenvalue weighted by molar-refractivity contribution is -0.143. The number of carboxylic acids is 1. The zero-order chi connectivity index (χ0) is 14.5. The van der Waals surface area contributed by atoms with E-state index >= 15 is 0 Å². The zero-order valence-electron chi connectivity index (χ0n) is 11.3. The number of aromatic nitrogens is 2. The molecule has 0 bridgehead atoms. The molecule has 0 aliphatic heterocycles. The van der Waals surface area contributed by atoms with Crippen molar-refractivity contribution in [3.63, 3.8) is 0 Å². The molecule has 1 aromatic rings. The molecule has 0 aromatic carbocycles. The molecular weight excluding hydrogens is 264 g/mol. The molecule has 0 atom stereocenters. The molecule has 3 N–H and O–H groups in total. The van der Waals surface area contributed by atoms with Crippen molar-refractivity contribution in [3.05, 3.63) is 5.89 Å². The summed E-state index contributed by atoms with van der Waals surface area (Å²) in [6, 6.07) is 0.268. The summed E-state index contributed by atoms with van der Waals surface area (Å²) >= 11 is 0. The minimum Gasteiger partial charge on any atom is -0.481 e. The van der Waals surface area contributed by atoms with Crippen molar-refractivity contribution in [3.8, 4) is 0 Å². The molecule has 0 saturated heterocycles. The number of rotatable bonds is 5. The van der Waals surface area contributed by atoms with Gasteiger partial charge in [0.05, 0.1) is 12.5 Å². The third-order valence-corrected chi connectivity index (χ3v) is 3.40. The number of aliphatic carboxylic acids is 1. The minimum atomic E-state index is -0.729. The summed E-state index contributed by atoms with van der Waals surface area (Å²) in [5.41, 5.74) is 0. The second-order valence-corrected chi connectivity index (χ2v) is 4.94. The van der Waals surface area contributed by atoms with Crippen LogP contribution >= 0.6 is 0 Å². The van der Waals surface area contributed by atoms with Crippen LogP contribution in [0.4, 0.5) is 6.01 Å². The fraction of sp³-hybridized carbons (Fsp3) is 0.667. The second-order valence-electron chi connectivity index (χ2n) is 4.94. The standard InChI is InChI=1S/C12H18N4O4/c1-7-15-16-12(20-7)14-10(17)6-13-9-4-2-8(3-5-9)11(18)19/h8-9,13H,2-6H2,1H3,(H,18,19)(H,14,16,17). The van der Waals surface area contributed by atoms with E-state index in [1.165, 1.54) is 0 Å². The maximum Gasteiger partial charge on any atom is 0.322 e. The molecule has 1 aromatic heterocycles. The van der Waals surface area contributed by atoms with Gasteiger partial charge < -0.3 is 14.8 Å². The number of aryl methyl sites for hydroxylation is 1. The smallest absolute Gasteiger partial charge is 0.322 e. The van der Waals surface area contributed by atoms with E-state index in [1.54, 1.807) is 6.92 Å². The van der Waals surface area contributed by atoms with Gasteiger partial charge in [0.15, 0.2) is 0 Å². The first-order valence-corrected chi connectivity index (χ1v) is 6.60. The Kier molecular flexibility index (Phi) is 4.67. The third-order valence-electron chi connectivity index (χ3n) is 3.40. The van der Waals surface area contributed by atoms with E-state index in [-0.39, 0.29) is 30.4 Å². The van der Waals surface area contributed by atoms with Crippen molar-refractivity contribution in [1.29, 1.82) is 0 Å². The zero-order valence-corrected chi connectivity index (χ0v) is 11.3. The Morgan fingerprint density at radius 2 is 2.00 bits per heavy atom. The lowest BCUT2D eigenvalue weighted by atomic mass is 9.86. The predicted octanol–water partition coefficient (Wildman–Crippen LogP) is 0.550. The van der Waals surface area contributed by atoms with E-state index in [4.69, 9.17) is 9.52 Å². The first kappa shape index (κ1) is 14.4. The molecule has 1 aliphatic carbocycles. The van der Waals surface area contributed by atoms with E-state index < -0.39 is 5.97 Å². The van der Waals surface area contributed by atoms with Crippen LogP contribution in [0.15, 0.2) is 4.42 Å². The van der Waals surface area contributed by atoms with Gasteiger partial charge in [0.2, 0.25) is 11.8 Å². The fourth-order valence-corrected chi connectivity index (χ4v) is 2.29. The van der Waals surface area contributed by atoms with Crippen LogP contribution < -0.4 is 10.6 Å². The Hall–Kier alpha value is -1.96. The Labute approximate surface area is 115 Å². The van der Waals surface area contributed by atoms with Gasteiger partial charge in [-0.2, -0.15) is 0 Å². The van der Waals surface area contributed by atoms with E-state index in [2.05, 4.69) is 20.8 Å². The number of carbonyl (C=O) groups is 2. The molecule has 0 spiro atoms. The number of carboxylic acid groups (broad SMARTS) is 1. The summed E-state index contributed by atoms with van der Waals surface area (Å²) in [6.07, 6.45) is 2.84. The van der Waals surface area contributed by atoms with Crippen LogP contribution in [0, 0.1) is 12.8 Å². The quantitative estimate of drug-likeness (QED) is 0.721. The summed E-state index contributed by atoms with van der Waals surface area (Å²) in [5.74, 6) is -0.842. The van der Waals surface area contributed by atoms with Crippen LogP contribution in [0.5, 0.6) is 0 Å². The molecule has 2 rings (SSSR count). The number of hydrogen-bond donors (Lipinski definition) is 3. The van der Waals surface area contributed by atoms with Gasteiger partial charge in [0.25, 0.3) is 0 Å². The lowest BCUT2D eigenvalue weighted by Gasteiger charge is -2.26. The Balaban J connectivity index is 1.68. The summed E-state index contributed by atoms with van der Waals surface area (Å²) in [5, 5.41) is 21.8. The maximum atomic E-state index is 11.6. The molecule has 1 saturated carbocycles. The number of nitrogens with zero attached hydrogens (tertiary/aromatic N) is 2. The Morgan fingerprint density at radius 3 is 2.55 bits per heavy atom. The molecule has 1 fully saturated rings. The minimum absolute atomic E-state index is 0.0869. The summed E-state index contributed by atoms with van der Waals surface area (Å²) in [4.78, 5) is 22.5. The molecule has 0 unspecified atom stereocenters. The highest BCUT2D eigenvalue weighted by molar-refractivity contribution is 5.90. The molecule has 8 heteroatoms. The third kappa shape index (κ3) is 4.02. The number of anilines is 1. The first-order chi connectivity index (χ1) is 9.54. The highest BCUT2D eigenvalue weighted by atomic mass is 16.4. The predicted molar refractivity (Wildman–Crippen MR) is 69.0 cm³/mol. The summed E-state index contributed by atoms with van der Waals surface area (Å²) in [6.45, 7) is 1.78. The number of hydrogen-bond acceptors (Lipinski definition) is 6. The van der Waals surface area contributed by atoms with Crippen molar-refractivity contribution in [2.24, 2.45) is 5.92 Å². The van der Waals surface area contributed by atoms with Gasteiger partial charge >= 0.3 is 12.0 Å². The van der Waals surface area contributed by atoms with E-state index in [0.717, 1.165) is 12.8 Å². The van der Waals surface area contributed by atoms with Gasteiger partial charge in [-0.3, -0.25) is 14.9 Å². The highest BCUT2D eigenvalue weighted by Crippen LogP contribution is 2.24. The van der Waals surface area contributed by atoms with E-state index in [1.807, 2.05) is 0 Å². The molecule has 1 aliphatic rings. The van der Waals surface area contributed by atoms with E-state index in [0.29, 0.717) is 18.7 Å². The molecule has 1 heterocycles. The number of nitrogens with one attached hydrogen (secondary N) is 2. The Bertz CT molecular complexity index is 480. The summed E-state index contributed by atoms with van der Waals surface area (Å²) < 4.78 is 5.04. The molecule has 1 amide bonds. The van der Waals surface area contributed by atoms with E-state index in [9.17, 15) is 9.59 Å². The SMILES string of the molecule is Cc1nnc(NC(=O)CNC2CCC(C(=O)O)CC2)o1. The number of amides is 1. The molecule has 20 heavy (non-hydrogen) atoms. The van der Waals surface area contributed by atoms with Crippen molar-refractivity contribution in [2.45, 2.75) is 38.6 Å². The monoisotopic (exact) mass is 282 g/mol. The van der Waals surface area contributed by atoms with Crippen molar-refractivity contribution >= 4 is 17.9 Å². The van der Waals surface area contributed by atoms with Crippen molar-refractivity contribution in [2.75, 3.05) is 11.9 Å².